The summed E-state index contributed by atoms with van der Waals surface area (Å²) in [7, 11) is 0. The second-order valence-corrected chi connectivity index (χ2v) is 6.88. The van der Waals surface area contributed by atoms with E-state index >= 15 is 0 Å². The molecule has 1 aromatic carbocycles. The number of hydrogen-bond donors (Lipinski definition) is 1. The summed E-state index contributed by atoms with van der Waals surface area (Å²) >= 11 is 11.9. The molecule has 6 heteroatoms. The van der Waals surface area contributed by atoms with Crippen molar-refractivity contribution >= 4 is 40.8 Å². The summed E-state index contributed by atoms with van der Waals surface area (Å²) in [5.74, 6) is -0.476. The fourth-order valence-corrected chi connectivity index (χ4v) is 4.63. The van der Waals surface area contributed by atoms with Crippen molar-refractivity contribution < 1.29 is 14.3 Å². The highest BCUT2D eigenvalue weighted by molar-refractivity contribution is 6.36. The largest absolute Gasteiger partial charge is 0.462 e. The van der Waals surface area contributed by atoms with E-state index in [1.807, 2.05) is 0 Å². The average Bonchev–Trinajstić information content (AvgIpc) is 3.02. The van der Waals surface area contributed by atoms with Crippen LogP contribution in [0.4, 0.5) is 5.69 Å². The Morgan fingerprint density at radius 3 is 2.86 bits per heavy atom. The van der Waals surface area contributed by atoms with Gasteiger partial charge in [0, 0.05) is 10.9 Å². The molecule has 0 spiro atoms. The third-order valence-corrected chi connectivity index (χ3v) is 5.52. The Labute approximate surface area is 131 Å². The number of esters is 1. The van der Waals surface area contributed by atoms with Crippen LogP contribution in [0.5, 0.6) is 0 Å². The van der Waals surface area contributed by atoms with Gasteiger partial charge in [-0.3, -0.25) is 9.59 Å². The van der Waals surface area contributed by atoms with Gasteiger partial charge in [-0.05, 0) is 37.0 Å². The molecular weight excluding hydrogens is 313 g/mol. The smallest absolute Gasteiger partial charge is 0.310 e. The number of benzene rings is 1. The lowest BCUT2D eigenvalue weighted by molar-refractivity contribution is -0.145. The molecule has 4 rings (SSSR count). The summed E-state index contributed by atoms with van der Waals surface area (Å²) in [6, 6.07) is 4.93. The van der Waals surface area contributed by atoms with E-state index in [9.17, 15) is 9.59 Å². The fourth-order valence-electron chi connectivity index (χ4n) is 4.17. The van der Waals surface area contributed by atoms with Crippen LogP contribution in [0, 0.1) is 23.7 Å². The van der Waals surface area contributed by atoms with Crippen LogP contribution in [0.15, 0.2) is 18.2 Å². The number of carbonyl (C=O) groups is 2. The first kappa shape index (κ1) is 13.4. The van der Waals surface area contributed by atoms with E-state index in [1.165, 1.54) is 0 Å². The molecule has 1 aromatic rings. The number of nitrogens with one attached hydrogen (secondary N) is 1. The summed E-state index contributed by atoms with van der Waals surface area (Å²) in [6.45, 7) is 0. The van der Waals surface area contributed by atoms with Crippen molar-refractivity contribution in [1.29, 1.82) is 0 Å². The molecule has 3 aliphatic rings. The van der Waals surface area contributed by atoms with Crippen molar-refractivity contribution in [3.63, 3.8) is 0 Å². The van der Waals surface area contributed by atoms with Gasteiger partial charge < -0.3 is 10.1 Å². The topological polar surface area (TPSA) is 55.4 Å². The maximum Gasteiger partial charge on any atom is 0.310 e. The van der Waals surface area contributed by atoms with E-state index in [2.05, 4.69) is 5.32 Å². The number of carbonyl (C=O) groups excluding carboxylic acids is 2. The molecule has 1 aliphatic heterocycles. The normalized spacial score (nSPS) is 35.9. The minimum Gasteiger partial charge on any atom is -0.462 e. The predicted molar refractivity (Wildman–Crippen MR) is 78.2 cm³/mol. The lowest BCUT2D eigenvalue weighted by Gasteiger charge is -2.23. The monoisotopic (exact) mass is 325 g/mol. The molecule has 110 valence electrons. The minimum atomic E-state index is -0.298. The molecule has 1 N–H and O–H groups in total. The molecule has 0 aromatic heterocycles. The molecule has 21 heavy (non-hydrogen) atoms. The van der Waals surface area contributed by atoms with Gasteiger partial charge in [-0.2, -0.15) is 0 Å². The number of rotatable bonds is 2. The Hall–Kier alpha value is -1.26. The molecular formula is C15H13Cl2NO3. The second-order valence-electron chi connectivity index (χ2n) is 6.04. The lowest BCUT2D eigenvalue weighted by Crippen LogP contribution is -2.35. The number of fused-ring (bicyclic) bond motifs is 1. The fraction of sp³-hybridized carbons (Fsp3) is 0.467. The third-order valence-electron chi connectivity index (χ3n) is 4.97. The van der Waals surface area contributed by atoms with E-state index < -0.39 is 0 Å². The highest BCUT2D eigenvalue weighted by Gasteiger charge is 2.63. The maximum atomic E-state index is 12.6. The van der Waals surface area contributed by atoms with Gasteiger partial charge >= 0.3 is 5.97 Å². The van der Waals surface area contributed by atoms with Crippen LogP contribution in [0.25, 0.3) is 0 Å². The number of amides is 1. The van der Waals surface area contributed by atoms with Crippen LogP contribution in [0.1, 0.15) is 12.8 Å². The molecule has 2 aliphatic carbocycles. The Kier molecular flexibility index (Phi) is 2.95. The van der Waals surface area contributed by atoms with Crippen LogP contribution in [0.3, 0.4) is 0 Å². The second kappa shape index (κ2) is 4.62. The van der Waals surface area contributed by atoms with Crippen molar-refractivity contribution in [3.8, 4) is 0 Å². The summed E-state index contributed by atoms with van der Waals surface area (Å²) < 4.78 is 5.35. The van der Waals surface area contributed by atoms with E-state index in [0.29, 0.717) is 15.7 Å². The molecule has 3 fully saturated rings. The molecule has 4 nitrogen and oxygen atoms in total. The van der Waals surface area contributed by atoms with Crippen LogP contribution >= 0.6 is 23.2 Å². The van der Waals surface area contributed by atoms with Crippen molar-refractivity contribution in [3.05, 3.63) is 28.2 Å². The Morgan fingerprint density at radius 1 is 1.29 bits per heavy atom. The molecule has 1 amide bonds. The quantitative estimate of drug-likeness (QED) is 0.850. The Bertz CT molecular complexity index is 646. The summed E-state index contributed by atoms with van der Waals surface area (Å²) in [5, 5.41) is 3.74. The van der Waals surface area contributed by atoms with Crippen molar-refractivity contribution in [2.75, 3.05) is 5.32 Å². The average molecular weight is 326 g/mol. The first-order valence-corrected chi connectivity index (χ1v) is 7.76. The van der Waals surface area contributed by atoms with E-state index in [4.69, 9.17) is 27.9 Å². The van der Waals surface area contributed by atoms with Gasteiger partial charge in [0.05, 0.1) is 22.5 Å². The Morgan fingerprint density at radius 2 is 2.10 bits per heavy atom. The molecule has 0 radical (unpaired) electrons. The van der Waals surface area contributed by atoms with Gasteiger partial charge in [-0.1, -0.05) is 23.2 Å². The minimum absolute atomic E-state index is 0.0377. The summed E-state index contributed by atoms with van der Waals surface area (Å²) in [5.41, 5.74) is 0.525. The van der Waals surface area contributed by atoms with Crippen LogP contribution < -0.4 is 5.32 Å². The predicted octanol–water partition coefficient (Wildman–Crippen LogP) is 3.13. The highest BCUT2D eigenvalue weighted by atomic mass is 35.5. The zero-order valence-corrected chi connectivity index (χ0v) is 12.5. The van der Waals surface area contributed by atoms with Gasteiger partial charge in [-0.15, -0.1) is 0 Å². The zero-order chi connectivity index (χ0) is 14.7. The first-order valence-electron chi connectivity index (χ1n) is 7.01. The zero-order valence-electron chi connectivity index (χ0n) is 11.0. The van der Waals surface area contributed by atoms with Crippen molar-refractivity contribution in [1.82, 2.24) is 0 Å². The highest BCUT2D eigenvalue weighted by Crippen LogP contribution is 2.57. The number of anilines is 1. The van der Waals surface area contributed by atoms with Gasteiger partial charge in [0.2, 0.25) is 5.91 Å². The summed E-state index contributed by atoms with van der Waals surface area (Å²) in [6.07, 6.45) is 1.75. The van der Waals surface area contributed by atoms with Gasteiger partial charge in [0.15, 0.2) is 0 Å². The summed E-state index contributed by atoms with van der Waals surface area (Å²) in [4.78, 5) is 24.5. The molecule has 0 unspecified atom stereocenters. The SMILES string of the molecule is O=C(Nc1ccc(Cl)cc1Cl)[C@H]1[C@@H]2C[C@@H]3[C@@H]1C(=O)O[C@@H]3C2. The van der Waals surface area contributed by atoms with Crippen LogP contribution in [-0.2, 0) is 14.3 Å². The first-order chi connectivity index (χ1) is 10.0. The molecule has 1 heterocycles. The van der Waals surface area contributed by atoms with E-state index in [-0.39, 0.29) is 41.7 Å². The maximum absolute atomic E-state index is 12.6. The molecule has 1 saturated heterocycles. The number of halogens is 2. The van der Waals surface area contributed by atoms with Gasteiger partial charge in [0.25, 0.3) is 0 Å². The van der Waals surface area contributed by atoms with Crippen LogP contribution in [-0.4, -0.2) is 18.0 Å². The Balaban J connectivity index is 1.57. The molecule has 2 bridgehead atoms. The molecule has 2 saturated carbocycles. The lowest BCUT2D eigenvalue weighted by atomic mass is 9.79. The van der Waals surface area contributed by atoms with Gasteiger partial charge in [0.1, 0.15) is 6.10 Å². The van der Waals surface area contributed by atoms with Gasteiger partial charge in [-0.25, -0.2) is 0 Å². The third kappa shape index (κ3) is 1.96. The van der Waals surface area contributed by atoms with Crippen LogP contribution in [0.2, 0.25) is 10.0 Å². The van der Waals surface area contributed by atoms with E-state index in [1.54, 1.807) is 18.2 Å². The van der Waals surface area contributed by atoms with Crippen molar-refractivity contribution in [2.45, 2.75) is 18.9 Å². The van der Waals surface area contributed by atoms with E-state index in [0.717, 1.165) is 12.8 Å². The number of hydrogen-bond acceptors (Lipinski definition) is 3. The molecule has 5 atom stereocenters. The number of ether oxygens (including phenoxy) is 1. The van der Waals surface area contributed by atoms with Crippen molar-refractivity contribution in [2.24, 2.45) is 23.7 Å². The standard InChI is InChI=1S/C15H13Cl2NO3/c16-7-1-2-10(9(17)5-7)18-14(19)12-6-3-8-11(4-6)21-15(20)13(8)12/h1-2,5-6,8,11-13H,3-4H2,(H,18,19)/t6-,8+,11-,12+,13+/m1/s1.